The predicted octanol–water partition coefficient (Wildman–Crippen LogP) is 3.25. The molecule has 4 rings (SSSR count). The van der Waals surface area contributed by atoms with Crippen molar-refractivity contribution in [2.45, 2.75) is 13.5 Å². The zero-order chi connectivity index (χ0) is 21.1. The third-order valence-electron chi connectivity index (χ3n) is 4.70. The van der Waals surface area contributed by atoms with Crippen LogP contribution < -0.4 is 10.1 Å². The molecule has 1 aromatic carbocycles. The lowest BCUT2D eigenvalue weighted by atomic mass is 10.1. The van der Waals surface area contributed by atoms with Gasteiger partial charge in [0, 0.05) is 67.6 Å². The maximum absolute atomic E-state index is 12.7. The van der Waals surface area contributed by atoms with Crippen LogP contribution in [0.5, 0.6) is 11.5 Å². The first-order valence-electron chi connectivity index (χ1n) is 9.48. The van der Waals surface area contributed by atoms with E-state index in [0.29, 0.717) is 23.6 Å². The number of carbonyl (C=O) groups is 1. The van der Waals surface area contributed by atoms with E-state index in [9.17, 15) is 4.79 Å². The van der Waals surface area contributed by atoms with E-state index >= 15 is 0 Å². The minimum atomic E-state index is -0.160. The molecule has 3 aromatic heterocycles. The summed E-state index contributed by atoms with van der Waals surface area (Å²) in [5.74, 6) is 1.10. The number of amides is 1. The van der Waals surface area contributed by atoms with Gasteiger partial charge in [0.2, 0.25) is 0 Å². The van der Waals surface area contributed by atoms with Gasteiger partial charge in [0.05, 0.1) is 18.1 Å². The van der Waals surface area contributed by atoms with Gasteiger partial charge < -0.3 is 10.1 Å². The topological polar surface area (TPSA) is 86.9 Å². The number of rotatable bonds is 6. The second-order valence-corrected chi connectivity index (χ2v) is 7.02. The van der Waals surface area contributed by atoms with Gasteiger partial charge in [-0.25, -0.2) is 0 Å². The van der Waals surface area contributed by atoms with Crippen molar-refractivity contribution < 1.29 is 9.53 Å². The van der Waals surface area contributed by atoms with Crippen molar-refractivity contribution in [1.82, 2.24) is 29.9 Å². The predicted molar refractivity (Wildman–Crippen MR) is 112 cm³/mol. The number of carbonyl (C=O) groups excluding carboxylic acids is 1. The number of nitrogens with one attached hydrogen (secondary N) is 1. The molecule has 8 heteroatoms. The standard InChI is InChI=1S/C22H22N6O2/c1-15-19(22(29)24-10-16-11-25-27(2)13-16)5-4-6-21(15)30-18-7-8-23-20(9-18)17-12-26-28(3)14-17/h4-9,11-14H,10H2,1-3H3,(H,24,29). The SMILES string of the molecule is Cc1c(Oc2ccnc(-c3cnn(C)c3)c2)cccc1C(=O)NCc1cnn(C)c1. The molecule has 0 aliphatic heterocycles. The van der Waals surface area contributed by atoms with E-state index in [1.807, 2.05) is 51.6 Å². The Hall–Kier alpha value is -3.94. The van der Waals surface area contributed by atoms with Crippen LogP contribution in [-0.2, 0) is 20.6 Å². The van der Waals surface area contributed by atoms with E-state index in [1.54, 1.807) is 40.1 Å². The molecule has 0 spiro atoms. The van der Waals surface area contributed by atoms with Gasteiger partial charge in [0.25, 0.3) is 5.91 Å². The number of nitrogens with zero attached hydrogens (tertiary/aromatic N) is 5. The van der Waals surface area contributed by atoms with E-state index in [-0.39, 0.29) is 5.91 Å². The molecule has 0 unspecified atom stereocenters. The molecule has 1 N–H and O–H groups in total. The molecule has 152 valence electrons. The lowest BCUT2D eigenvalue weighted by molar-refractivity contribution is 0.0950. The van der Waals surface area contributed by atoms with Crippen LogP contribution in [0.4, 0.5) is 0 Å². The van der Waals surface area contributed by atoms with Crippen molar-refractivity contribution in [2.75, 3.05) is 0 Å². The van der Waals surface area contributed by atoms with E-state index in [2.05, 4.69) is 20.5 Å². The molecule has 4 aromatic rings. The summed E-state index contributed by atoms with van der Waals surface area (Å²) in [6.45, 7) is 2.29. The number of benzene rings is 1. The van der Waals surface area contributed by atoms with Gasteiger partial charge in [0.1, 0.15) is 11.5 Å². The summed E-state index contributed by atoms with van der Waals surface area (Å²) >= 11 is 0. The molecule has 0 fully saturated rings. The Labute approximate surface area is 174 Å². The van der Waals surface area contributed by atoms with Gasteiger partial charge in [-0.1, -0.05) is 6.07 Å². The van der Waals surface area contributed by atoms with Gasteiger partial charge in [-0.05, 0) is 25.1 Å². The number of hydrogen-bond donors (Lipinski definition) is 1. The van der Waals surface area contributed by atoms with Crippen molar-refractivity contribution in [1.29, 1.82) is 0 Å². The van der Waals surface area contributed by atoms with Crippen molar-refractivity contribution in [3.05, 3.63) is 78.0 Å². The highest BCUT2D eigenvalue weighted by Gasteiger charge is 2.14. The number of aromatic nitrogens is 5. The summed E-state index contributed by atoms with van der Waals surface area (Å²) in [6.07, 6.45) is 8.94. The molecule has 0 bridgehead atoms. The van der Waals surface area contributed by atoms with E-state index in [1.165, 1.54) is 0 Å². The number of pyridine rings is 1. The first-order chi connectivity index (χ1) is 14.5. The average molecular weight is 402 g/mol. The van der Waals surface area contributed by atoms with Crippen molar-refractivity contribution in [3.63, 3.8) is 0 Å². The van der Waals surface area contributed by atoms with Crippen LogP contribution in [0.1, 0.15) is 21.5 Å². The maximum Gasteiger partial charge on any atom is 0.251 e. The van der Waals surface area contributed by atoms with Crippen molar-refractivity contribution in [3.8, 4) is 22.8 Å². The molecule has 0 saturated carbocycles. The van der Waals surface area contributed by atoms with Gasteiger partial charge >= 0.3 is 0 Å². The lowest BCUT2D eigenvalue weighted by Gasteiger charge is -2.13. The second-order valence-electron chi connectivity index (χ2n) is 7.02. The molecule has 8 nitrogen and oxygen atoms in total. The van der Waals surface area contributed by atoms with Gasteiger partial charge in [0.15, 0.2) is 0 Å². The molecule has 3 heterocycles. The van der Waals surface area contributed by atoms with Gasteiger partial charge in [-0.3, -0.25) is 19.1 Å². The molecular formula is C22H22N6O2. The number of hydrogen-bond acceptors (Lipinski definition) is 5. The van der Waals surface area contributed by atoms with Crippen molar-refractivity contribution in [2.24, 2.45) is 14.1 Å². The molecule has 0 aliphatic rings. The van der Waals surface area contributed by atoms with Crippen LogP contribution in [0.15, 0.2) is 61.3 Å². The number of ether oxygens (including phenoxy) is 1. The molecule has 30 heavy (non-hydrogen) atoms. The summed E-state index contributed by atoms with van der Waals surface area (Å²) in [7, 11) is 3.70. The monoisotopic (exact) mass is 402 g/mol. The maximum atomic E-state index is 12.7. The van der Waals surface area contributed by atoms with Crippen LogP contribution in [0.2, 0.25) is 0 Å². The number of aryl methyl sites for hydroxylation is 2. The highest BCUT2D eigenvalue weighted by Crippen LogP contribution is 2.29. The lowest BCUT2D eigenvalue weighted by Crippen LogP contribution is -2.23. The summed E-state index contributed by atoms with van der Waals surface area (Å²) in [6, 6.07) is 9.08. The minimum absolute atomic E-state index is 0.160. The third kappa shape index (κ3) is 4.22. The fraction of sp³-hybridized carbons (Fsp3) is 0.182. The summed E-state index contributed by atoms with van der Waals surface area (Å²) in [4.78, 5) is 17.1. The highest BCUT2D eigenvalue weighted by molar-refractivity contribution is 5.96. The Morgan fingerprint density at radius 1 is 1.10 bits per heavy atom. The second kappa shape index (κ2) is 8.20. The Balaban J connectivity index is 1.51. The van der Waals surface area contributed by atoms with E-state index < -0.39 is 0 Å². The third-order valence-corrected chi connectivity index (χ3v) is 4.70. The normalized spacial score (nSPS) is 10.8. The Morgan fingerprint density at radius 3 is 2.63 bits per heavy atom. The summed E-state index contributed by atoms with van der Waals surface area (Å²) in [5, 5.41) is 11.2. The van der Waals surface area contributed by atoms with E-state index in [4.69, 9.17) is 4.74 Å². The summed E-state index contributed by atoms with van der Waals surface area (Å²) in [5.41, 5.74) is 3.95. The average Bonchev–Trinajstić information content (AvgIpc) is 3.36. The first kappa shape index (κ1) is 19.4. The van der Waals surface area contributed by atoms with Crippen LogP contribution in [0, 0.1) is 6.92 Å². The van der Waals surface area contributed by atoms with Crippen LogP contribution in [0.25, 0.3) is 11.3 Å². The molecular weight excluding hydrogens is 380 g/mol. The van der Waals surface area contributed by atoms with Crippen LogP contribution in [-0.4, -0.2) is 30.5 Å². The molecule has 1 amide bonds. The van der Waals surface area contributed by atoms with Crippen molar-refractivity contribution >= 4 is 5.91 Å². The fourth-order valence-corrected chi connectivity index (χ4v) is 3.12. The Bertz CT molecular complexity index is 1190. The van der Waals surface area contributed by atoms with Gasteiger partial charge in [-0.15, -0.1) is 0 Å². The first-order valence-corrected chi connectivity index (χ1v) is 9.48. The fourth-order valence-electron chi connectivity index (χ4n) is 3.12. The zero-order valence-corrected chi connectivity index (χ0v) is 17.0. The minimum Gasteiger partial charge on any atom is -0.457 e. The molecule has 0 saturated heterocycles. The smallest absolute Gasteiger partial charge is 0.251 e. The van der Waals surface area contributed by atoms with E-state index in [0.717, 1.165) is 22.4 Å². The Morgan fingerprint density at radius 2 is 1.90 bits per heavy atom. The Kier molecular flexibility index (Phi) is 5.30. The summed E-state index contributed by atoms with van der Waals surface area (Å²) < 4.78 is 9.50. The molecule has 0 radical (unpaired) electrons. The molecule has 0 aliphatic carbocycles. The largest absolute Gasteiger partial charge is 0.457 e. The van der Waals surface area contributed by atoms with Crippen LogP contribution >= 0.6 is 0 Å². The quantitative estimate of drug-likeness (QED) is 0.535. The van der Waals surface area contributed by atoms with Gasteiger partial charge in [-0.2, -0.15) is 10.2 Å². The highest BCUT2D eigenvalue weighted by atomic mass is 16.5. The zero-order valence-electron chi connectivity index (χ0n) is 17.0. The molecule has 0 atom stereocenters. The van der Waals surface area contributed by atoms with Crippen LogP contribution in [0.3, 0.4) is 0 Å².